The molecule has 13 heavy (non-hydrogen) atoms. The van der Waals surface area contributed by atoms with E-state index in [1.165, 1.54) is 21.0 Å². The maximum atomic E-state index is 4.11. The number of rotatable bonds is 1. The second-order valence-corrected chi connectivity index (χ2v) is 5.42. The lowest BCUT2D eigenvalue weighted by Gasteiger charge is -1.97. The zero-order valence-corrected chi connectivity index (χ0v) is 10.4. The molecule has 2 aromatic rings. The van der Waals surface area contributed by atoms with Crippen LogP contribution in [-0.4, -0.2) is 7.76 Å². The number of hydrogen-bond donors (Lipinski definition) is 0. The highest BCUT2D eigenvalue weighted by Crippen LogP contribution is 2.30. The molecule has 0 radical (unpaired) electrons. The average molecular weight is 304 g/mol. The molecule has 0 bridgehead atoms. The van der Waals surface area contributed by atoms with E-state index in [1.54, 1.807) is 0 Å². The molecule has 0 spiro atoms. The largest absolute Gasteiger partial charge is 0.271 e. The second kappa shape index (κ2) is 3.42. The van der Waals surface area contributed by atoms with Gasteiger partial charge in [-0.2, -0.15) is 0 Å². The molecule has 0 saturated heterocycles. The number of thiophene rings is 1. The van der Waals surface area contributed by atoms with Gasteiger partial charge in [-0.3, -0.25) is 2.78 Å². The molecule has 0 fully saturated rings. The molecule has 0 aliphatic rings. The molecular formula is C9H9IN2S. The molecule has 0 aliphatic carbocycles. The first-order chi connectivity index (χ1) is 6.18. The molecule has 2 aromatic heterocycles. The summed E-state index contributed by atoms with van der Waals surface area (Å²) in [6, 6.07) is 2.21. The summed E-state index contributed by atoms with van der Waals surface area (Å²) in [4.78, 5) is 6.82. The van der Waals surface area contributed by atoms with Crippen molar-refractivity contribution in [3.05, 3.63) is 28.3 Å². The standard InChI is InChI=1S/C9H9IN2S/c1-6-3-8(7(2)13-6)9-4-11-5-12(9)10/h3-5H,1-2H3. The number of halogens is 1. The minimum atomic E-state index is 1.18. The summed E-state index contributed by atoms with van der Waals surface area (Å²) < 4.78 is 2.02. The molecular weight excluding hydrogens is 295 g/mol. The van der Waals surface area contributed by atoms with E-state index >= 15 is 0 Å². The Morgan fingerprint density at radius 1 is 1.46 bits per heavy atom. The van der Waals surface area contributed by atoms with Gasteiger partial charge in [0.2, 0.25) is 0 Å². The SMILES string of the molecule is Cc1cc(-c2cncn2I)c(C)s1. The third kappa shape index (κ3) is 1.65. The summed E-state index contributed by atoms with van der Waals surface area (Å²) >= 11 is 4.08. The normalized spacial score (nSPS) is 10.7. The number of hydrogen-bond acceptors (Lipinski definition) is 2. The molecule has 0 unspecified atom stereocenters. The van der Waals surface area contributed by atoms with E-state index in [0.29, 0.717) is 0 Å². The zero-order valence-electron chi connectivity index (χ0n) is 7.41. The highest BCUT2D eigenvalue weighted by Gasteiger charge is 2.08. The number of aromatic nitrogens is 2. The predicted octanol–water partition coefficient (Wildman–Crippen LogP) is 3.43. The summed E-state index contributed by atoms with van der Waals surface area (Å²) in [5.41, 5.74) is 2.48. The van der Waals surface area contributed by atoms with Gasteiger partial charge in [0.25, 0.3) is 0 Å². The van der Waals surface area contributed by atoms with Crippen LogP contribution in [0, 0.1) is 13.8 Å². The Bertz CT molecular complexity index is 431. The van der Waals surface area contributed by atoms with Crippen LogP contribution in [0.1, 0.15) is 9.75 Å². The summed E-state index contributed by atoms with van der Waals surface area (Å²) in [7, 11) is 0. The van der Waals surface area contributed by atoms with Crippen molar-refractivity contribution in [1.29, 1.82) is 0 Å². The molecule has 0 N–H and O–H groups in total. The lowest BCUT2D eigenvalue weighted by molar-refractivity contribution is 1.28. The van der Waals surface area contributed by atoms with Crippen LogP contribution in [0.25, 0.3) is 11.3 Å². The van der Waals surface area contributed by atoms with Crippen molar-refractivity contribution < 1.29 is 0 Å². The van der Waals surface area contributed by atoms with Crippen LogP contribution in [0.4, 0.5) is 0 Å². The fourth-order valence-electron chi connectivity index (χ4n) is 1.35. The van der Waals surface area contributed by atoms with Gasteiger partial charge in [0.05, 0.1) is 34.8 Å². The van der Waals surface area contributed by atoms with E-state index < -0.39 is 0 Å². The number of imidazole rings is 1. The van der Waals surface area contributed by atoms with Crippen molar-refractivity contribution >= 4 is 34.2 Å². The van der Waals surface area contributed by atoms with Gasteiger partial charge < -0.3 is 0 Å². The van der Waals surface area contributed by atoms with Crippen LogP contribution in [0.15, 0.2) is 18.6 Å². The lowest BCUT2D eigenvalue weighted by Crippen LogP contribution is -1.81. The first-order valence-corrected chi connectivity index (χ1v) is 5.72. The quantitative estimate of drug-likeness (QED) is 0.738. The van der Waals surface area contributed by atoms with Crippen LogP contribution in [0.2, 0.25) is 0 Å². The number of nitrogens with zero attached hydrogens (tertiary/aromatic N) is 2. The number of aryl methyl sites for hydroxylation is 2. The van der Waals surface area contributed by atoms with Gasteiger partial charge in [-0.05, 0) is 19.9 Å². The summed E-state index contributed by atoms with van der Waals surface area (Å²) in [5.74, 6) is 0. The van der Waals surface area contributed by atoms with Crippen LogP contribution >= 0.6 is 34.2 Å². The van der Waals surface area contributed by atoms with Gasteiger partial charge in [0.15, 0.2) is 0 Å². The van der Waals surface area contributed by atoms with Gasteiger partial charge >= 0.3 is 0 Å². The maximum absolute atomic E-state index is 4.11. The predicted molar refractivity (Wildman–Crippen MR) is 64.4 cm³/mol. The smallest absolute Gasteiger partial charge is 0.104 e. The van der Waals surface area contributed by atoms with Crippen molar-refractivity contribution in [2.24, 2.45) is 0 Å². The molecule has 68 valence electrons. The Kier molecular flexibility index (Phi) is 2.42. The Hall–Kier alpha value is -0.360. The van der Waals surface area contributed by atoms with Gasteiger partial charge in [0, 0.05) is 15.3 Å². The van der Waals surface area contributed by atoms with E-state index in [9.17, 15) is 0 Å². The Labute approximate surface area is 95.1 Å². The fraction of sp³-hybridized carbons (Fsp3) is 0.222. The van der Waals surface area contributed by atoms with Crippen LogP contribution in [-0.2, 0) is 0 Å². The van der Waals surface area contributed by atoms with E-state index in [4.69, 9.17) is 0 Å². The van der Waals surface area contributed by atoms with Gasteiger partial charge in [-0.25, -0.2) is 4.98 Å². The van der Waals surface area contributed by atoms with Crippen molar-refractivity contribution in [3.8, 4) is 11.3 Å². The molecule has 0 amide bonds. The van der Waals surface area contributed by atoms with E-state index in [0.717, 1.165) is 0 Å². The van der Waals surface area contributed by atoms with Gasteiger partial charge in [-0.15, -0.1) is 11.3 Å². The molecule has 0 aromatic carbocycles. The minimum absolute atomic E-state index is 1.18. The third-order valence-electron chi connectivity index (χ3n) is 1.91. The van der Waals surface area contributed by atoms with E-state index in [-0.39, 0.29) is 0 Å². The van der Waals surface area contributed by atoms with E-state index in [1.807, 2.05) is 26.6 Å². The summed E-state index contributed by atoms with van der Waals surface area (Å²) in [6.45, 7) is 4.28. The average Bonchev–Trinajstić information content (AvgIpc) is 2.58. The Morgan fingerprint density at radius 3 is 2.69 bits per heavy atom. The van der Waals surface area contributed by atoms with Crippen LogP contribution in [0.5, 0.6) is 0 Å². The maximum Gasteiger partial charge on any atom is 0.104 e. The van der Waals surface area contributed by atoms with Gasteiger partial charge in [-0.1, -0.05) is 0 Å². The summed E-state index contributed by atoms with van der Waals surface area (Å²) in [5, 5.41) is 0. The monoisotopic (exact) mass is 304 g/mol. The molecule has 2 rings (SSSR count). The van der Waals surface area contributed by atoms with Crippen molar-refractivity contribution in [1.82, 2.24) is 7.76 Å². The summed E-state index contributed by atoms with van der Waals surface area (Å²) in [6.07, 6.45) is 3.73. The van der Waals surface area contributed by atoms with Crippen molar-refractivity contribution in [3.63, 3.8) is 0 Å². The highest BCUT2D eigenvalue weighted by molar-refractivity contribution is 14.1. The molecule has 0 atom stereocenters. The van der Waals surface area contributed by atoms with Crippen LogP contribution < -0.4 is 0 Å². The Morgan fingerprint density at radius 2 is 2.23 bits per heavy atom. The first-order valence-electron chi connectivity index (χ1n) is 3.94. The first kappa shape index (κ1) is 9.21. The lowest BCUT2D eigenvalue weighted by atomic mass is 10.2. The molecule has 0 aliphatic heterocycles. The van der Waals surface area contributed by atoms with Gasteiger partial charge in [0.1, 0.15) is 6.33 Å². The van der Waals surface area contributed by atoms with Crippen molar-refractivity contribution in [2.75, 3.05) is 0 Å². The zero-order chi connectivity index (χ0) is 9.42. The van der Waals surface area contributed by atoms with Crippen LogP contribution in [0.3, 0.4) is 0 Å². The van der Waals surface area contributed by atoms with Crippen molar-refractivity contribution in [2.45, 2.75) is 13.8 Å². The minimum Gasteiger partial charge on any atom is -0.271 e. The molecule has 2 heterocycles. The highest BCUT2D eigenvalue weighted by atomic mass is 127. The third-order valence-corrected chi connectivity index (χ3v) is 3.65. The fourth-order valence-corrected chi connectivity index (χ4v) is 2.81. The molecule has 0 saturated carbocycles. The Balaban J connectivity index is 2.58. The molecule has 4 heteroatoms. The van der Waals surface area contributed by atoms with E-state index in [2.05, 4.69) is 47.8 Å². The molecule has 2 nitrogen and oxygen atoms in total. The second-order valence-electron chi connectivity index (χ2n) is 2.92. The topological polar surface area (TPSA) is 17.8 Å².